The first-order chi connectivity index (χ1) is 12.8. The van der Waals surface area contributed by atoms with E-state index in [1.807, 2.05) is 0 Å². The first kappa shape index (κ1) is 15.4. The van der Waals surface area contributed by atoms with E-state index in [2.05, 4.69) is 118 Å². The maximum absolute atomic E-state index is 3.52. The van der Waals surface area contributed by atoms with Gasteiger partial charge in [-0.15, -0.1) is 0 Å². The van der Waals surface area contributed by atoms with E-state index in [1.165, 1.54) is 38.5 Å². The molecular formula is C24H16BrN. The molecule has 0 radical (unpaired) electrons. The van der Waals surface area contributed by atoms with Crippen molar-refractivity contribution in [2.75, 3.05) is 0 Å². The summed E-state index contributed by atoms with van der Waals surface area (Å²) >= 11 is 3.52. The smallest absolute Gasteiger partial charge is 0.0534 e. The molecule has 0 aliphatic carbocycles. The summed E-state index contributed by atoms with van der Waals surface area (Å²) < 4.78 is 3.35. The standard InChI is InChI=1S/C24H16BrN/c25-18-11-9-17(10-12-18)20-7-4-8-21-22(20)13-14-24-23(21)15-16-26(24)19-5-2-1-3-6-19/h1-16H. The van der Waals surface area contributed by atoms with Crippen molar-refractivity contribution in [2.45, 2.75) is 0 Å². The Morgan fingerprint density at radius 1 is 0.577 bits per heavy atom. The summed E-state index contributed by atoms with van der Waals surface area (Å²) in [5.74, 6) is 0. The zero-order valence-corrected chi connectivity index (χ0v) is 15.6. The molecule has 0 bridgehead atoms. The fraction of sp³-hybridized carbons (Fsp3) is 0. The summed E-state index contributed by atoms with van der Waals surface area (Å²) in [7, 11) is 0. The fourth-order valence-electron chi connectivity index (χ4n) is 3.68. The van der Waals surface area contributed by atoms with E-state index in [1.54, 1.807) is 0 Å². The molecule has 0 saturated heterocycles. The lowest BCUT2D eigenvalue weighted by Crippen LogP contribution is -1.91. The van der Waals surface area contributed by atoms with Gasteiger partial charge in [0.2, 0.25) is 0 Å². The maximum Gasteiger partial charge on any atom is 0.0534 e. The van der Waals surface area contributed by atoms with Crippen molar-refractivity contribution < 1.29 is 0 Å². The van der Waals surface area contributed by atoms with Crippen molar-refractivity contribution in [1.82, 2.24) is 4.57 Å². The molecule has 2 heteroatoms. The minimum absolute atomic E-state index is 1.10. The molecule has 5 rings (SSSR count). The molecule has 0 aliphatic rings. The van der Waals surface area contributed by atoms with Crippen LogP contribution >= 0.6 is 15.9 Å². The molecule has 0 amide bonds. The van der Waals surface area contributed by atoms with Crippen LogP contribution in [-0.2, 0) is 0 Å². The molecule has 1 nitrogen and oxygen atoms in total. The van der Waals surface area contributed by atoms with Crippen molar-refractivity contribution >= 4 is 37.6 Å². The normalized spacial score (nSPS) is 11.3. The zero-order valence-electron chi connectivity index (χ0n) is 14.1. The number of halogens is 1. The van der Waals surface area contributed by atoms with Crippen molar-refractivity contribution in [3.8, 4) is 16.8 Å². The van der Waals surface area contributed by atoms with Gasteiger partial charge in [-0.05, 0) is 58.3 Å². The van der Waals surface area contributed by atoms with Gasteiger partial charge in [-0.25, -0.2) is 0 Å². The Morgan fingerprint density at radius 3 is 2.19 bits per heavy atom. The highest BCUT2D eigenvalue weighted by Gasteiger charge is 2.10. The number of para-hydroxylation sites is 1. The molecule has 0 fully saturated rings. The molecule has 0 unspecified atom stereocenters. The van der Waals surface area contributed by atoms with E-state index >= 15 is 0 Å². The molecule has 0 atom stereocenters. The van der Waals surface area contributed by atoms with E-state index in [-0.39, 0.29) is 0 Å². The van der Waals surface area contributed by atoms with Crippen molar-refractivity contribution in [1.29, 1.82) is 0 Å². The van der Waals surface area contributed by atoms with Gasteiger partial charge in [-0.2, -0.15) is 0 Å². The summed E-state index contributed by atoms with van der Waals surface area (Å²) in [5.41, 5.74) is 4.92. The van der Waals surface area contributed by atoms with Gasteiger partial charge in [-0.3, -0.25) is 0 Å². The zero-order chi connectivity index (χ0) is 17.5. The minimum Gasteiger partial charge on any atom is -0.317 e. The Labute approximate surface area is 160 Å². The number of aromatic nitrogens is 1. The Bertz CT molecular complexity index is 1220. The topological polar surface area (TPSA) is 4.93 Å². The van der Waals surface area contributed by atoms with Crippen LogP contribution in [-0.4, -0.2) is 4.57 Å². The molecule has 4 aromatic carbocycles. The lowest BCUT2D eigenvalue weighted by Gasteiger charge is -2.10. The van der Waals surface area contributed by atoms with Gasteiger partial charge in [0.05, 0.1) is 5.52 Å². The monoisotopic (exact) mass is 397 g/mol. The third kappa shape index (κ3) is 2.46. The van der Waals surface area contributed by atoms with Gasteiger partial charge < -0.3 is 4.57 Å². The maximum atomic E-state index is 3.52. The second-order valence-corrected chi connectivity index (χ2v) is 7.34. The Balaban J connectivity index is 1.76. The highest BCUT2D eigenvalue weighted by molar-refractivity contribution is 9.10. The first-order valence-electron chi connectivity index (χ1n) is 8.65. The average molecular weight is 398 g/mol. The van der Waals surface area contributed by atoms with Gasteiger partial charge in [0.1, 0.15) is 0 Å². The molecule has 0 spiro atoms. The van der Waals surface area contributed by atoms with E-state index in [0.717, 1.165) is 4.47 Å². The largest absolute Gasteiger partial charge is 0.317 e. The van der Waals surface area contributed by atoms with Crippen molar-refractivity contribution in [2.24, 2.45) is 0 Å². The molecule has 26 heavy (non-hydrogen) atoms. The molecule has 0 N–H and O–H groups in total. The van der Waals surface area contributed by atoms with Crippen LogP contribution in [0.2, 0.25) is 0 Å². The summed E-state index contributed by atoms with van der Waals surface area (Å²) in [4.78, 5) is 0. The molecule has 1 heterocycles. The van der Waals surface area contributed by atoms with Crippen LogP contribution in [0.25, 0.3) is 38.5 Å². The summed E-state index contributed by atoms with van der Waals surface area (Å²) in [6.07, 6.45) is 2.16. The first-order valence-corrected chi connectivity index (χ1v) is 9.45. The van der Waals surface area contributed by atoms with Crippen LogP contribution in [0.3, 0.4) is 0 Å². The fourth-order valence-corrected chi connectivity index (χ4v) is 3.94. The van der Waals surface area contributed by atoms with Crippen LogP contribution in [0, 0.1) is 0 Å². The van der Waals surface area contributed by atoms with E-state index in [0.29, 0.717) is 0 Å². The van der Waals surface area contributed by atoms with Crippen LogP contribution in [0.4, 0.5) is 0 Å². The quantitative estimate of drug-likeness (QED) is 0.296. The van der Waals surface area contributed by atoms with E-state index in [4.69, 9.17) is 0 Å². The second-order valence-electron chi connectivity index (χ2n) is 6.43. The highest BCUT2D eigenvalue weighted by Crippen LogP contribution is 2.34. The number of fused-ring (bicyclic) bond motifs is 3. The predicted molar refractivity (Wildman–Crippen MR) is 114 cm³/mol. The lowest BCUT2D eigenvalue weighted by atomic mass is 9.96. The number of nitrogens with zero attached hydrogens (tertiary/aromatic N) is 1. The Hall–Kier alpha value is -2.84. The minimum atomic E-state index is 1.10. The average Bonchev–Trinajstić information content (AvgIpc) is 3.13. The van der Waals surface area contributed by atoms with Crippen LogP contribution in [0.15, 0.2) is 102 Å². The predicted octanol–water partition coefficient (Wildman–Crippen LogP) is 7.21. The van der Waals surface area contributed by atoms with Gasteiger partial charge in [-0.1, -0.05) is 70.5 Å². The number of rotatable bonds is 2. The van der Waals surface area contributed by atoms with Crippen molar-refractivity contribution in [3.05, 3.63) is 102 Å². The lowest BCUT2D eigenvalue weighted by molar-refractivity contribution is 1.13. The van der Waals surface area contributed by atoms with Crippen molar-refractivity contribution in [3.63, 3.8) is 0 Å². The van der Waals surface area contributed by atoms with Gasteiger partial charge in [0.15, 0.2) is 0 Å². The van der Waals surface area contributed by atoms with Crippen LogP contribution in [0.5, 0.6) is 0 Å². The van der Waals surface area contributed by atoms with Gasteiger partial charge in [0, 0.05) is 21.7 Å². The summed E-state index contributed by atoms with van der Waals surface area (Å²) in [6.45, 7) is 0. The number of hydrogen-bond acceptors (Lipinski definition) is 0. The van der Waals surface area contributed by atoms with E-state index < -0.39 is 0 Å². The molecule has 5 aromatic rings. The Kier molecular flexibility index (Phi) is 3.65. The van der Waals surface area contributed by atoms with Crippen LogP contribution in [0.1, 0.15) is 0 Å². The van der Waals surface area contributed by atoms with Gasteiger partial charge in [0.25, 0.3) is 0 Å². The molecular weight excluding hydrogens is 382 g/mol. The molecule has 0 aliphatic heterocycles. The van der Waals surface area contributed by atoms with Gasteiger partial charge >= 0.3 is 0 Å². The molecule has 0 saturated carbocycles. The summed E-state index contributed by atoms with van der Waals surface area (Å²) in [6, 6.07) is 32.3. The number of hydrogen-bond donors (Lipinski definition) is 0. The highest BCUT2D eigenvalue weighted by atomic mass is 79.9. The third-order valence-electron chi connectivity index (χ3n) is 4.92. The molecule has 124 valence electrons. The Morgan fingerprint density at radius 2 is 1.38 bits per heavy atom. The van der Waals surface area contributed by atoms with E-state index in [9.17, 15) is 0 Å². The number of benzene rings is 4. The van der Waals surface area contributed by atoms with Crippen LogP contribution < -0.4 is 0 Å². The third-order valence-corrected chi connectivity index (χ3v) is 5.45. The SMILES string of the molecule is Brc1ccc(-c2cccc3c2ccc2c3ccn2-c2ccccc2)cc1. The summed E-state index contributed by atoms with van der Waals surface area (Å²) in [5, 5.41) is 3.86. The second kappa shape index (κ2) is 6.15. The molecule has 1 aromatic heterocycles.